The lowest BCUT2D eigenvalue weighted by atomic mass is 10.1. The molecule has 0 aromatic heterocycles. The van der Waals surface area contributed by atoms with Crippen molar-refractivity contribution in [3.05, 3.63) is 0 Å². The van der Waals surface area contributed by atoms with Crippen molar-refractivity contribution in [3.8, 4) is 0 Å². The molecule has 2 nitrogen and oxygen atoms in total. The summed E-state index contributed by atoms with van der Waals surface area (Å²) >= 11 is 0. The molecule has 0 aromatic carbocycles. The van der Waals surface area contributed by atoms with Crippen LogP contribution in [0.5, 0.6) is 0 Å². The minimum Gasteiger partial charge on any atom is -0.344 e. The third kappa shape index (κ3) is 6.20. The van der Waals surface area contributed by atoms with Crippen LogP contribution in [0.4, 0.5) is 13.2 Å². The first-order chi connectivity index (χ1) is 4.63. The Morgan fingerprint density at radius 2 is 1.50 bits per heavy atom. The third-order valence-electron chi connectivity index (χ3n) is 0.746. The van der Waals surface area contributed by atoms with Crippen LogP contribution in [0, 0.1) is 0 Å². The van der Waals surface area contributed by atoms with Gasteiger partial charge in [-0.1, -0.05) is 0 Å². The molecule has 0 aliphatic heterocycles. The van der Waals surface area contributed by atoms with Crippen LogP contribution in [0.3, 0.4) is 0 Å². The number of rotatable bonds is 0. The van der Waals surface area contributed by atoms with E-state index in [0.29, 0.717) is 0 Å². The van der Waals surface area contributed by atoms with Gasteiger partial charge >= 0.3 is 12.1 Å². The zero-order chi connectivity index (χ0) is 9.28. The van der Waals surface area contributed by atoms with Gasteiger partial charge in [-0.2, -0.15) is 13.2 Å². The topological polar surface area (TPSA) is 29.1 Å². The summed E-state index contributed by atoms with van der Waals surface area (Å²) in [6.45, 7) is 4.45. The van der Waals surface area contributed by atoms with E-state index in [0.717, 1.165) is 0 Å². The van der Waals surface area contributed by atoms with E-state index in [1.807, 2.05) is 0 Å². The van der Waals surface area contributed by atoms with Crippen LogP contribution in [-0.4, -0.2) is 28.6 Å². The quantitative estimate of drug-likeness (QED) is 0.550. The second-order valence-corrected chi connectivity index (χ2v) is 3.20. The average molecular weight is 201 g/mol. The summed E-state index contributed by atoms with van der Waals surface area (Å²) in [7, 11) is 0. The molecule has 0 unspecified atom stereocenters. The largest absolute Gasteiger partial charge is 0.471 e. The number of alkyl halides is 3. The average Bonchev–Trinajstić information content (AvgIpc) is 1.56. The molecule has 0 saturated heterocycles. The molecule has 0 fully saturated rings. The molecule has 0 aliphatic carbocycles. The van der Waals surface area contributed by atoms with Crippen molar-refractivity contribution >= 4 is 16.9 Å². The van der Waals surface area contributed by atoms with E-state index in [-0.39, 0.29) is 11.0 Å². The SMILES string of the molecule is CC(C)(C)NC(=O)C(F)(F)F.[SiH4]. The minimum absolute atomic E-state index is 0. The molecular weight excluding hydrogens is 187 g/mol. The van der Waals surface area contributed by atoms with E-state index >= 15 is 0 Å². The fraction of sp³-hybridized carbons (Fsp3) is 0.833. The van der Waals surface area contributed by atoms with Crippen molar-refractivity contribution in [2.24, 2.45) is 0 Å². The summed E-state index contributed by atoms with van der Waals surface area (Å²) in [6.07, 6.45) is -4.78. The molecule has 0 radical (unpaired) electrons. The number of halogens is 3. The van der Waals surface area contributed by atoms with E-state index in [4.69, 9.17) is 0 Å². The molecule has 0 spiro atoms. The van der Waals surface area contributed by atoms with Gasteiger partial charge in [0.2, 0.25) is 0 Å². The second kappa shape index (κ2) is 3.93. The third-order valence-corrected chi connectivity index (χ3v) is 0.746. The monoisotopic (exact) mass is 201 g/mol. The predicted molar refractivity (Wildman–Crippen MR) is 45.3 cm³/mol. The van der Waals surface area contributed by atoms with Crippen molar-refractivity contribution < 1.29 is 18.0 Å². The Kier molecular flexibility index (Phi) is 4.59. The summed E-state index contributed by atoms with van der Waals surface area (Å²) in [5.74, 6) is -1.90. The lowest BCUT2D eigenvalue weighted by molar-refractivity contribution is -0.175. The number of hydrogen-bond donors (Lipinski definition) is 1. The molecule has 0 rings (SSSR count). The lowest BCUT2D eigenvalue weighted by Crippen LogP contribution is -2.47. The highest BCUT2D eigenvalue weighted by Gasteiger charge is 2.40. The number of nitrogens with one attached hydrogen (secondary N) is 1. The number of hydrogen-bond acceptors (Lipinski definition) is 1. The second-order valence-electron chi connectivity index (χ2n) is 3.20. The number of carbonyl (C=O) groups excluding carboxylic acids is 1. The first-order valence-electron chi connectivity index (χ1n) is 3.02. The van der Waals surface area contributed by atoms with Gasteiger partial charge < -0.3 is 5.32 Å². The predicted octanol–water partition coefficient (Wildman–Crippen LogP) is 0.0118. The van der Waals surface area contributed by atoms with Crippen molar-refractivity contribution in [3.63, 3.8) is 0 Å². The molecule has 12 heavy (non-hydrogen) atoms. The highest BCUT2D eigenvalue weighted by molar-refractivity contribution is 5.82. The van der Waals surface area contributed by atoms with Crippen LogP contribution in [0.15, 0.2) is 0 Å². The fourth-order valence-electron chi connectivity index (χ4n) is 0.411. The Labute approximate surface area is 73.5 Å². The van der Waals surface area contributed by atoms with E-state index in [2.05, 4.69) is 0 Å². The lowest BCUT2D eigenvalue weighted by Gasteiger charge is -2.21. The van der Waals surface area contributed by atoms with Crippen molar-refractivity contribution in [1.29, 1.82) is 0 Å². The molecule has 0 saturated carbocycles. The molecule has 6 heteroatoms. The van der Waals surface area contributed by atoms with Gasteiger partial charge in [-0.15, -0.1) is 0 Å². The van der Waals surface area contributed by atoms with Gasteiger partial charge in [-0.3, -0.25) is 4.79 Å². The first kappa shape index (κ1) is 14.0. The van der Waals surface area contributed by atoms with Gasteiger partial charge in [0, 0.05) is 5.54 Å². The standard InChI is InChI=1S/C6H10F3NO.H4Si/c1-5(2,3)10-4(11)6(7,8)9;/h1-3H3,(H,10,11);1H4. The highest BCUT2D eigenvalue weighted by atomic mass is 28.1. The van der Waals surface area contributed by atoms with Crippen LogP contribution in [0.1, 0.15) is 20.8 Å². The van der Waals surface area contributed by atoms with Gasteiger partial charge in [0.1, 0.15) is 0 Å². The van der Waals surface area contributed by atoms with Crippen molar-refractivity contribution in [2.45, 2.75) is 32.5 Å². The molecule has 1 amide bonds. The van der Waals surface area contributed by atoms with Crippen LogP contribution in [0.2, 0.25) is 0 Å². The van der Waals surface area contributed by atoms with Crippen molar-refractivity contribution in [1.82, 2.24) is 5.32 Å². The summed E-state index contributed by atoms with van der Waals surface area (Å²) in [5, 5.41) is 1.80. The minimum atomic E-state index is -4.78. The highest BCUT2D eigenvalue weighted by Crippen LogP contribution is 2.15. The van der Waals surface area contributed by atoms with E-state index in [1.165, 1.54) is 20.8 Å². The molecule has 0 aliphatic rings. The Hall–Kier alpha value is -0.523. The van der Waals surface area contributed by atoms with Crippen molar-refractivity contribution in [2.75, 3.05) is 0 Å². The van der Waals surface area contributed by atoms with Gasteiger partial charge in [0.05, 0.1) is 0 Å². The Morgan fingerprint density at radius 3 is 1.58 bits per heavy atom. The molecular formula is C6H14F3NOSi. The Balaban J connectivity index is 0. The molecule has 0 aromatic rings. The zero-order valence-electron chi connectivity index (χ0n) is 6.54. The Morgan fingerprint density at radius 1 is 1.17 bits per heavy atom. The summed E-state index contributed by atoms with van der Waals surface area (Å²) in [4.78, 5) is 10.2. The maximum atomic E-state index is 11.6. The maximum absolute atomic E-state index is 11.6. The zero-order valence-corrected chi connectivity index (χ0v) is 6.54. The van der Waals surface area contributed by atoms with E-state index in [1.54, 1.807) is 5.32 Å². The van der Waals surface area contributed by atoms with Crippen LogP contribution < -0.4 is 5.32 Å². The summed E-state index contributed by atoms with van der Waals surface area (Å²) in [5.41, 5.74) is -0.841. The van der Waals surface area contributed by atoms with Gasteiger partial charge in [0.15, 0.2) is 0 Å². The molecule has 0 heterocycles. The maximum Gasteiger partial charge on any atom is 0.471 e. The van der Waals surface area contributed by atoms with Gasteiger partial charge in [-0.25, -0.2) is 0 Å². The summed E-state index contributed by atoms with van der Waals surface area (Å²) in [6, 6.07) is 0. The number of amides is 1. The molecule has 0 bridgehead atoms. The molecule has 1 N–H and O–H groups in total. The van der Waals surface area contributed by atoms with Gasteiger partial charge in [0.25, 0.3) is 0 Å². The molecule has 0 atom stereocenters. The Bertz CT molecular complexity index is 161. The van der Waals surface area contributed by atoms with E-state index < -0.39 is 17.6 Å². The van der Waals surface area contributed by atoms with E-state index in [9.17, 15) is 18.0 Å². The first-order valence-corrected chi connectivity index (χ1v) is 3.02. The fourth-order valence-corrected chi connectivity index (χ4v) is 0.411. The normalized spacial score (nSPS) is 11.8. The van der Waals surface area contributed by atoms with Crippen LogP contribution >= 0.6 is 0 Å². The van der Waals surface area contributed by atoms with Crippen LogP contribution in [-0.2, 0) is 4.79 Å². The number of carbonyl (C=O) groups is 1. The molecule has 74 valence electrons. The smallest absolute Gasteiger partial charge is 0.344 e. The van der Waals surface area contributed by atoms with Gasteiger partial charge in [-0.05, 0) is 31.7 Å². The van der Waals surface area contributed by atoms with Crippen LogP contribution in [0.25, 0.3) is 0 Å². The summed E-state index contributed by atoms with van der Waals surface area (Å²) < 4.78 is 34.7.